The third-order valence-electron chi connectivity index (χ3n) is 2.35. The highest BCUT2D eigenvalue weighted by Crippen LogP contribution is 2.30. The molecule has 1 heterocycles. The van der Waals surface area contributed by atoms with E-state index in [4.69, 9.17) is 15.7 Å². The van der Waals surface area contributed by atoms with Crippen LogP contribution in [0.1, 0.15) is 11.1 Å². The molecule has 0 aliphatic rings. The molecule has 1 aromatic heterocycles. The van der Waals surface area contributed by atoms with E-state index in [2.05, 4.69) is 27.0 Å². The van der Waals surface area contributed by atoms with Gasteiger partial charge in [0.15, 0.2) is 0 Å². The minimum Gasteiger partial charge on any atom is -0.438 e. The van der Waals surface area contributed by atoms with Crippen LogP contribution in [0.25, 0.3) is 0 Å². The second kappa shape index (κ2) is 5.07. The molecule has 2 rings (SSSR count). The zero-order chi connectivity index (χ0) is 13.1. The zero-order valence-electron chi connectivity index (χ0n) is 9.64. The Morgan fingerprint density at radius 1 is 1.39 bits per heavy atom. The zero-order valence-corrected chi connectivity index (χ0v) is 11.2. The summed E-state index contributed by atoms with van der Waals surface area (Å²) in [5, 5.41) is 8.86. The number of hydrogen-bond donors (Lipinski definition) is 1. The summed E-state index contributed by atoms with van der Waals surface area (Å²) in [6.45, 7) is 1.90. The molecule has 0 fully saturated rings. The van der Waals surface area contributed by atoms with Gasteiger partial charge in [-0.05, 0) is 46.6 Å². The summed E-state index contributed by atoms with van der Waals surface area (Å²) in [5.74, 6) is 1.02. The van der Waals surface area contributed by atoms with E-state index in [0.717, 1.165) is 5.56 Å². The van der Waals surface area contributed by atoms with E-state index in [1.165, 1.54) is 6.20 Å². The van der Waals surface area contributed by atoms with Crippen molar-refractivity contribution in [2.24, 2.45) is 0 Å². The van der Waals surface area contributed by atoms with Crippen LogP contribution >= 0.6 is 15.9 Å². The summed E-state index contributed by atoms with van der Waals surface area (Å²) in [6, 6.07) is 9.04. The second-order valence-electron chi connectivity index (χ2n) is 3.75. The molecule has 0 saturated carbocycles. The van der Waals surface area contributed by atoms with Crippen LogP contribution in [-0.2, 0) is 0 Å². The van der Waals surface area contributed by atoms with Gasteiger partial charge in [-0.3, -0.25) is 0 Å². The Morgan fingerprint density at radius 2 is 2.17 bits per heavy atom. The molecule has 0 aliphatic heterocycles. The molecule has 0 unspecified atom stereocenters. The minimum atomic E-state index is 0.419. The number of ether oxygens (including phenoxy) is 1. The van der Waals surface area contributed by atoms with E-state index in [1.807, 2.05) is 13.0 Å². The molecule has 0 saturated heterocycles. The lowest BCUT2D eigenvalue weighted by molar-refractivity contribution is 0.456. The Labute approximate surface area is 113 Å². The van der Waals surface area contributed by atoms with E-state index in [0.29, 0.717) is 27.4 Å². The van der Waals surface area contributed by atoms with Gasteiger partial charge in [0.25, 0.3) is 0 Å². The number of pyridine rings is 1. The molecule has 2 N–H and O–H groups in total. The molecule has 0 bridgehead atoms. The fourth-order valence-electron chi connectivity index (χ4n) is 1.40. The third-order valence-corrected chi connectivity index (χ3v) is 2.92. The molecule has 18 heavy (non-hydrogen) atoms. The molecule has 0 aliphatic carbocycles. The summed E-state index contributed by atoms with van der Waals surface area (Å²) < 4.78 is 6.34. The molecular formula is C13H10BrN3O. The van der Waals surface area contributed by atoms with Gasteiger partial charge in [0.05, 0.1) is 28.0 Å². The fraction of sp³-hybridized carbons (Fsp3) is 0.0769. The highest BCUT2D eigenvalue weighted by molar-refractivity contribution is 9.10. The quantitative estimate of drug-likeness (QED) is 0.923. The van der Waals surface area contributed by atoms with Gasteiger partial charge in [-0.15, -0.1) is 0 Å². The molecule has 2 aromatic rings. The molecule has 0 spiro atoms. The monoisotopic (exact) mass is 303 g/mol. The molecular weight excluding hydrogens is 294 g/mol. The maximum Gasteiger partial charge on any atom is 0.233 e. The molecule has 90 valence electrons. The van der Waals surface area contributed by atoms with Crippen LogP contribution in [0.4, 0.5) is 5.69 Å². The van der Waals surface area contributed by atoms with Gasteiger partial charge in [-0.25, -0.2) is 4.98 Å². The fourth-order valence-corrected chi connectivity index (χ4v) is 1.85. The van der Waals surface area contributed by atoms with E-state index < -0.39 is 0 Å². The van der Waals surface area contributed by atoms with Crippen LogP contribution in [0.5, 0.6) is 11.6 Å². The van der Waals surface area contributed by atoms with Crippen LogP contribution in [0.15, 0.2) is 34.9 Å². The topological polar surface area (TPSA) is 71.9 Å². The Morgan fingerprint density at radius 3 is 2.83 bits per heavy atom. The molecule has 5 heteroatoms. The highest BCUT2D eigenvalue weighted by Gasteiger charge is 2.08. The second-order valence-corrected chi connectivity index (χ2v) is 4.60. The number of anilines is 1. The number of aromatic nitrogens is 1. The van der Waals surface area contributed by atoms with Crippen LogP contribution in [0, 0.1) is 18.3 Å². The average Bonchev–Trinajstić information content (AvgIpc) is 2.35. The van der Waals surface area contributed by atoms with E-state index >= 15 is 0 Å². The van der Waals surface area contributed by atoms with Gasteiger partial charge in [0.2, 0.25) is 5.88 Å². The highest BCUT2D eigenvalue weighted by atomic mass is 79.9. The summed E-state index contributed by atoms with van der Waals surface area (Å²) in [7, 11) is 0. The third kappa shape index (κ3) is 2.60. The number of nitrogens with zero attached hydrogens (tertiary/aromatic N) is 2. The van der Waals surface area contributed by atoms with Gasteiger partial charge in [0.1, 0.15) is 5.75 Å². The van der Waals surface area contributed by atoms with Crippen LogP contribution in [0.2, 0.25) is 0 Å². The van der Waals surface area contributed by atoms with Crippen molar-refractivity contribution in [3.63, 3.8) is 0 Å². The molecule has 0 amide bonds. The van der Waals surface area contributed by atoms with E-state index in [9.17, 15) is 0 Å². The Balaban J connectivity index is 2.37. The van der Waals surface area contributed by atoms with Crippen LogP contribution < -0.4 is 10.5 Å². The summed E-state index contributed by atoms with van der Waals surface area (Å²) in [6.07, 6.45) is 1.52. The number of hydrogen-bond acceptors (Lipinski definition) is 4. The molecule has 0 radical (unpaired) electrons. The van der Waals surface area contributed by atoms with Crippen molar-refractivity contribution in [2.75, 3.05) is 5.73 Å². The van der Waals surface area contributed by atoms with Crippen molar-refractivity contribution >= 4 is 21.6 Å². The standard InChI is InChI=1S/C13H10BrN3O/c1-8-2-3-9(6-15)4-12(8)18-13-11(14)5-10(16)7-17-13/h2-5,7H,16H2,1H3. The lowest BCUT2D eigenvalue weighted by Gasteiger charge is -2.09. The average molecular weight is 304 g/mol. The van der Waals surface area contributed by atoms with E-state index in [-0.39, 0.29) is 0 Å². The van der Waals surface area contributed by atoms with Crippen molar-refractivity contribution < 1.29 is 4.74 Å². The van der Waals surface area contributed by atoms with Crippen molar-refractivity contribution in [1.82, 2.24) is 4.98 Å². The number of benzene rings is 1. The lowest BCUT2D eigenvalue weighted by Crippen LogP contribution is -1.94. The van der Waals surface area contributed by atoms with Gasteiger partial charge in [-0.2, -0.15) is 5.26 Å². The first-order valence-corrected chi connectivity index (χ1v) is 5.99. The van der Waals surface area contributed by atoms with Gasteiger partial charge in [0, 0.05) is 0 Å². The maximum atomic E-state index is 8.86. The number of aryl methyl sites for hydroxylation is 1. The normalized spacial score (nSPS) is 9.83. The van der Waals surface area contributed by atoms with Crippen molar-refractivity contribution in [2.45, 2.75) is 6.92 Å². The molecule has 0 atom stereocenters. The lowest BCUT2D eigenvalue weighted by atomic mass is 10.1. The Kier molecular flexibility index (Phi) is 3.49. The van der Waals surface area contributed by atoms with Crippen molar-refractivity contribution in [1.29, 1.82) is 5.26 Å². The minimum absolute atomic E-state index is 0.419. The number of rotatable bonds is 2. The molecule has 1 aromatic carbocycles. The number of nitrogen functional groups attached to an aromatic ring is 1. The first-order chi connectivity index (χ1) is 8.60. The van der Waals surface area contributed by atoms with Crippen molar-refractivity contribution in [3.8, 4) is 17.7 Å². The summed E-state index contributed by atoms with van der Waals surface area (Å²) >= 11 is 3.33. The van der Waals surface area contributed by atoms with E-state index in [1.54, 1.807) is 18.2 Å². The smallest absolute Gasteiger partial charge is 0.233 e. The van der Waals surface area contributed by atoms with Crippen molar-refractivity contribution in [3.05, 3.63) is 46.1 Å². The van der Waals surface area contributed by atoms with Gasteiger partial charge < -0.3 is 10.5 Å². The largest absolute Gasteiger partial charge is 0.438 e. The summed E-state index contributed by atoms with van der Waals surface area (Å²) in [4.78, 5) is 4.09. The first kappa shape index (κ1) is 12.4. The predicted octanol–water partition coefficient (Wildman–Crippen LogP) is 3.40. The van der Waals surface area contributed by atoms with Crippen LogP contribution in [0.3, 0.4) is 0 Å². The number of nitrogens with two attached hydrogens (primary N) is 1. The van der Waals surface area contributed by atoms with Gasteiger partial charge in [-0.1, -0.05) is 6.07 Å². The number of halogens is 1. The first-order valence-electron chi connectivity index (χ1n) is 5.20. The predicted molar refractivity (Wildman–Crippen MR) is 72.3 cm³/mol. The summed E-state index contributed by atoms with van der Waals surface area (Å²) in [5.41, 5.74) is 7.63. The van der Waals surface area contributed by atoms with Crippen LogP contribution in [-0.4, -0.2) is 4.98 Å². The Bertz CT molecular complexity index is 635. The maximum absolute atomic E-state index is 8.86. The Hall–Kier alpha value is -2.06. The number of nitriles is 1. The van der Waals surface area contributed by atoms with Gasteiger partial charge >= 0.3 is 0 Å². The SMILES string of the molecule is Cc1ccc(C#N)cc1Oc1ncc(N)cc1Br. The molecule has 4 nitrogen and oxygen atoms in total.